The lowest BCUT2D eigenvalue weighted by Gasteiger charge is -2.45. The zero-order chi connectivity index (χ0) is 15.5. The third kappa shape index (κ3) is 4.05. The van der Waals surface area contributed by atoms with Crippen LogP contribution in [0.15, 0.2) is 24.3 Å². The summed E-state index contributed by atoms with van der Waals surface area (Å²) in [6.45, 7) is 8.62. The van der Waals surface area contributed by atoms with Gasteiger partial charge in [0.25, 0.3) is 0 Å². The summed E-state index contributed by atoms with van der Waals surface area (Å²) in [7, 11) is 3.62. The second-order valence-electron chi connectivity index (χ2n) is 6.47. The van der Waals surface area contributed by atoms with Crippen LogP contribution in [0.25, 0.3) is 0 Å². The highest BCUT2D eigenvalue weighted by Gasteiger charge is 2.31. The predicted molar refractivity (Wildman–Crippen MR) is 84.1 cm³/mol. The van der Waals surface area contributed by atoms with E-state index in [0.29, 0.717) is 6.42 Å². The van der Waals surface area contributed by atoms with Crippen molar-refractivity contribution in [3.05, 3.63) is 35.4 Å². The highest BCUT2D eigenvalue weighted by atomic mass is 16.5. The van der Waals surface area contributed by atoms with Crippen molar-refractivity contribution in [1.82, 2.24) is 9.80 Å². The minimum absolute atomic E-state index is 0.179. The minimum Gasteiger partial charge on any atom is -0.469 e. The van der Waals surface area contributed by atoms with Gasteiger partial charge in [-0.05, 0) is 32.0 Å². The van der Waals surface area contributed by atoms with E-state index in [2.05, 4.69) is 36.8 Å². The Labute approximate surface area is 127 Å². The van der Waals surface area contributed by atoms with Crippen molar-refractivity contribution in [2.75, 3.05) is 33.8 Å². The van der Waals surface area contributed by atoms with Crippen molar-refractivity contribution >= 4 is 5.97 Å². The summed E-state index contributed by atoms with van der Waals surface area (Å²) in [6.07, 6.45) is 0.351. The molecule has 0 spiro atoms. The second kappa shape index (κ2) is 6.58. The fourth-order valence-electron chi connectivity index (χ4n) is 2.83. The normalized spacial score (nSPS) is 19.4. The Kier molecular flexibility index (Phi) is 5.01. The first-order valence-electron chi connectivity index (χ1n) is 7.49. The second-order valence-corrected chi connectivity index (χ2v) is 6.47. The Bertz CT molecular complexity index is 499. The number of ether oxygens (including phenoxy) is 1. The number of carbonyl (C=O) groups excluding carboxylic acids is 1. The van der Waals surface area contributed by atoms with Crippen LogP contribution in [-0.2, 0) is 22.5 Å². The summed E-state index contributed by atoms with van der Waals surface area (Å²) in [5.74, 6) is -0.179. The van der Waals surface area contributed by atoms with Gasteiger partial charge in [-0.15, -0.1) is 0 Å². The zero-order valence-electron chi connectivity index (χ0n) is 13.6. The molecule has 1 fully saturated rings. The highest BCUT2D eigenvalue weighted by Crippen LogP contribution is 2.21. The molecule has 116 valence electrons. The maximum atomic E-state index is 11.5. The number of rotatable bonds is 4. The molecule has 0 N–H and O–H groups in total. The SMILES string of the molecule is COC(=O)Cc1ccccc1CN1CCN(C)C(C)(C)C1. The van der Waals surface area contributed by atoms with E-state index in [0.717, 1.165) is 31.7 Å². The van der Waals surface area contributed by atoms with E-state index in [4.69, 9.17) is 4.74 Å². The van der Waals surface area contributed by atoms with Gasteiger partial charge < -0.3 is 4.74 Å². The first kappa shape index (κ1) is 16.0. The van der Waals surface area contributed by atoms with Gasteiger partial charge in [-0.25, -0.2) is 0 Å². The van der Waals surface area contributed by atoms with Crippen LogP contribution in [0.1, 0.15) is 25.0 Å². The van der Waals surface area contributed by atoms with Gasteiger partial charge in [0.05, 0.1) is 13.5 Å². The molecule has 1 aliphatic heterocycles. The van der Waals surface area contributed by atoms with E-state index in [1.807, 2.05) is 18.2 Å². The molecule has 21 heavy (non-hydrogen) atoms. The molecule has 0 unspecified atom stereocenters. The van der Waals surface area contributed by atoms with Crippen LogP contribution in [0, 0.1) is 0 Å². The molecule has 4 heteroatoms. The summed E-state index contributed by atoms with van der Waals surface area (Å²) < 4.78 is 4.79. The Balaban J connectivity index is 2.08. The molecule has 1 heterocycles. The van der Waals surface area contributed by atoms with Crippen molar-refractivity contribution in [1.29, 1.82) is 0 Å². The number of likely N-dealkylation sites (N-methyl/N-ethyl adjacent to an activating group) is 1. The van der Waals surface area contributed by atoms with Gasteiger partial charge in [0, 0.05) is 31.7 Å². The Morgan fingerprint density at radius 2 is 1.90 bits per heavy atom. The van der Waals surface area contributed by atoms with Crippen LogP contribution in [0.4, 0.5) is 0 Å². The number of piperazine rings is 1. The topological polar surface area (TPSA) is 32.8 Å². The van der Waals surface area contributed by atoms with Crippen LogP contribution < -0.4 is 0 Å². The van der Waals surface area contributed by atoms with Crippen molar-refractivity contribution in [3.8, 4) is 0 Å². The molecule has 1 aliphatic rings. The molecule has 1 saturated heterocycles. The number of hydrogen-bond donors (Lipinski definition) is 0. The molecular formula is C17H26N2O2. The summed E-state index contributed by atoms with van der Waals surface area (Å²) in [5.41, 5.74) is 2.49. The zero-order valence-corrected chi connectivity index (χ0v) is 13.6. The lowest BCUT2D eigenvalue weighted by molar-refractivity contribution is -0.139. The van der Waals surface area contributed by atoms with Crippen LogP contribution in [-0.4, -0.2) is 55.1 Å². The third-order valence-electron chi connectivity index (χ3n) is 4.47. The molecule has 0 bridgehead atoms. The van der Waals surface area contributed by atoms with E-state index in [1.165, 1.54) is 12.7 Å². The summed E-state index contributed by atoms with van der Waals surface area (Å²) in [4.78, 5) is 16.4. The van der Waals surface area contributed by atoms with Crippen LogP contribution in [0.5, 0.6) is 0 Å². The monoisotopic (exact) mass is 290 g/mol. The van der Waals surface area contributed by atoms with E-state index in [1.54, 1.807) is 0 Å². The Hall–Kier alpha value is -1.39. The maximum absolute atomic E-state index is 11.5. The fourth-order valence-corrected chi connectivity index (χ4v) is 2.83. The number of benzene rings is 1. The van der Waals surface area contributed by atoms with Gasteiger partial charge >= 0.3 is 5.97 Å². The largest absolute Gasteiger partial charge is 0.469 e. The van der Waals surface area contributed by atoms with E-state index >= 15 is 0 Å². The maximum Gasteiger partial charge on any atom is 0.309 e. The summed E-state index contributed by atoms with van der Waals surface area (Å²) in [6, 6.07) is 8.16. The first-order valence-corrected chi connectivity index (χ1v) is 7.49. The molecule has 1 aromatic carbocycles. The van der Waals surface area contributed by atoms with Crippen LogP contribution >= 0.6 is 0 Å². The van der Waals surface area contributed by atoms with Crippen molar-refractivity contribution < 1.29 is 9.53 Å². The third-order valence-corrected chi connectivity index (χ3v) is 4.47. The quantitative estimate of drug-likeness (QED) is 0.793. The lowest BCUT2D eigenvalue weighted by Crippen LogP contribution is -2.57. The van der Waals surface area contributed by atoms with Gasteiger partial charge in [-0.2, -0.15) is 0 Å². The van der Waals surface area contributed by atoms with Crippen molar-refractivity contribution in [2.24, 2.45) is 0 Å². The minimum atomic E-state index is -0.179. The average molecular weight is 290 g/mol. The van der Waals surface area contributed by atoms with Gasteiger partial charge in [-0.1, -0.05) is 24.3 Å². The highest BCUT2D eigenvalue weighted by molar-refractivity contribution is 5.72. The smallest absolute Gasteiger partial charge is 0.309 e. The molecule has 4 nitrogen and oxygen atoms in total. The first-order chi connectivity index (χ1) is 9.92. The standard InChI is InChI=1S/C17H26N2O2/c1-17(2)13-19(10-9-18(17)3)12-15-8-6-5-7-14(15)11-16(20)21-4/h5-8H,9-13H2,1-4H3. The summed E-state index contributed by atoms with van der Waals surface area (Å²) in [5, 5.41) is 0. The number of esters is 1. The van der Waals surface area contributed by atoms with Gasteiger partial charge in [0.1, 0.15) is 0 Å². The van der Waals surface area contributed by atoms with E-state index in [9.17, 15) is 4.79 Å². The molecule has 0 aliphatic carbocycles. The molecule has 0 aromatic heterocycles. The molecule has 0 atom stereocenters. The van der Waals surface area contributed by atoms with Crippen molar-refractivity contribution in [3.63, 3.8) is 0 Å². The van der Waals surface area contributed by atoms with E-state index in [-0.39, 0.29) is 11.5 Å². The number of carbonyl (C=O) groups is 1. The predicted octanol–water partition coefficient (Wildman–Crippen LogP) is 1.93. The number of methoxy groups -OCH3 is 1. The lowest BCUT2D eigenvalue weighted by atomic mass is 9.98. The van der Waals surface area contributed by atoms with Crippen molar-refractivity contribution in [2.45, 2.75) is 32.4 Å². The number of nitrogens with zero attached hydrogens (tertiary/aromatic N) is 2. The van der Waals surface area contributed by atoms with E-state index < -0.39 is 0 Å². The molecule has 0 radical (unpaired) electrons. The molecule has 0 amide bonds. The van der Waals surface area contributed by atoms with Gasteiger partial charge in [0.2, 0.25) is 0 Å². The molecule has 2 rings (SSSR count). The van der Waals surface area contributed by atoms with Gasteiger partial charge in [-0.3, -0.25) is 14.6 Å². The van der Waals surface area contributed by atoms with Crippen LogP contribution in [0.2, 0.25) is 0 Å². The van der Waals surface area contributed by atoms with Gasteiger partial charge in [0.15, 0.2) is 0 Å². The average Bonchev–Trinajstić information content (AvgIpc) is 2.44. The van der Waals surface area contributed by atoms with Crippen LogP contribution in [0.3, 0.4) is 0 Å². The number of hydrogen-bond acceptors (Lipinski definition) is 4. The Morgan fingerprint density at radius 1 is 1.24 bits per heavy atom. The molecule has 1 aromatic rings. The fraction of sp³-hybridized carbons (Fsp3) is 0.588. The summed E-state index contributed by atoms with van der Waals surface area (Å²) >= 11 is 0. The molecule has 0 saturated carbocycles. The molecular weight excluding hydrogens is 264 g/mol. The Morgan fingerprint density at radius 3 is 2.52 bits per heavy atom.